The summed E-state index contributed by atoms with van der Waals surface area (Å²) in [6, 6.07) is 4.26. The number of amides is 1. The maximum absolute atomic E-state index is 11.6. The van der Waals surface area contributed by atoms with Crippen LogP contribution in [0.5, 0.6) is 0 Å². The van der Waals surface area contributed by atoms with Crippen molar-refractivity contribution in [3.05, 3.63) is 30.1 Å². The van der Waals surface area contributed by atoms with Gasteiger partial charge in [-0.3, -0.25) is 4.79 Å². The molecule has 1 amide bonds. The van der Waals surface area contributed by atoms with Gasteiger partial charge in [0.1, 0.15) is 0 Å². The minimum atomic E-state index is -0.440. The molecule has 1 aliphatic carbocycles. The standard InChI is InChI=1S/C14H18N4O/c1-9-4-2-5-11(9)17-13-10(14(15)19)8-16-18-7-3-6-12(13)18/h3,6-9,11,17H,2,4-5H2,1H3,(H2,15,19)/t9-,11-/m1/s1. The summed E-state index contributed by atoms with van der Waals surface area (Å²) >= 11 is 0. The maximum atomic E-state index is 11.6. The lowest BCUT2D eigenvalue weighted by atomic mass is 10.1. The van der Waals surface area contributed by atoms with E-state index >= 15 is 0 Å². The normalized spacial score (nSPS) is 22.8. The van der Waals surface area contributed by atoms with Gasteiger partial charge >= 0.3 is 0 Å². The van der Waals surface area contributed by atoms with Crippen LogP contribution >= 0.6 is 0 Å². The number of nitrogens with one attached hydrogen (secondary N) is 1. The smallest absolute Gasteiger partial charge is 0.252 e. The molecule has 0 aromatic carbocycles. The zero-order chi connectivity index (χ0) is 13.4. The predicted molar refractivity (Wildman–Crippen MR) is 74.1 cm³/mol. The first-order valence-electron chi connectivity index (χ1n) is 6.69. The number of nitrogens with two attached hydrogens (primary N) is 1. The Bertz CT molecular complexity index is 619. The third kappa shape index (κ3) is 2.05. The average Bonchev–Trinajstić information content (AvgIpc) is 2.99. The quantitative estimate of drug-likeness (QED) is 0.884. The van der Waals surface area contributed by atoms with E-state index in [1.165, 1.54) is 19.0 Å². The maximum Gasteiger partial charge on any atom is 0.252 e. The molecule has 0 unspecified atom stereocenters. The lowest BCUT2D eigenvalue weighted by Gasteiger charge is -2.20. The molecule has 1 fully saturated rings. The number of hydrogen-bond donors (Lipinski definition) is 2. The number of anilines is 1. The molecule has 5 heteroatoms. The molecule has 2 aromatic rings. The van der Waals surface area contributed by atoms with E-state index in [0.717, 1.165) is 17.6 Å². The van der Waals surface area contributed by atoms with Gasteiger partial charge in [-0.05, 0) is 30.9 Å². The number of nitrogens with zero attached hydrogens (tertiary/aromatic N) is 2. The summed E-state index contributed by atoms with van der Waals surface area (Å²) in [5, 5.41) is 7.70. The van der Waals surface area contributed by atoms with E-state index in [4.69, 9.17) is 5.73 Å². The molecule has 3 N–H and O–H groups in total. The predicted octanol–water partition coefficient (Wildman–Crippen LogP) is 2.03. The summed E-state index contributed by atoms with van der Waals surface area (Å²) in [4.78, 5) is 11.6. The summed E-state index contributed by atoms with van der Waals surface area (Å²) in [6.45, 7) is 2.24. The molecule has 1 aliphatic rings. The number of aromatic nitrogens is 2. The SMILES string of the molecule is C[C@@H]1CCC[C@H]1Nc1c(C(N)=O)cnn2cccc12. The minimum Gasteiger partial charge on any atom is -0.380 e. The van der Waals surface area contributed by atoms with Crippen molar-refractivity contribution in [2.45, 2.75) is 32.2 Å². The van der Waals surface area contributed by atoms with Crippen LogP contribution in [0.1, 0.15) is 36.5 Å². The van der Waals surface area contributed by atoms with E-state index < -0.39 is 5.91 Å². The monoisotopic (exact) mass is 258 g/mol. The van der Waals surface area contributed by atoms with E-state index in [9.17, 15) is 4.79 Å². The molecule has 0 bridgehead atoms. The van der Waals surface area contributed by atoms with Crippen LogP contribution in [0.2, 0.25) is 0 Å². The van der Waals surface area contributed by atoms with Gasteiger partial charge in [0.05, 0.1) is 23.0 Å². The van der Waals surface area contributed by atoms with Crippen molar-refractivity contribution in [1.29, 1.82) is 0 Å². The summed E-state index contributed by atoms with van der Waals surface area (Å²) in [7, 11) is 0. The van der Waals surface area contributed by atoms with Gasteiger partial charge in [-0.25, -0.2) is 4.52 Å². The van der Waals surface area contributed by atoms with E-state index in [1.807, 2.05) is 18.3 Å². The van der Waals surface area contributed by atoms with Crippen molar-refractivity contribution in [2.24, 2.45) is 11.7 Å². The van der Waals surface area contributed by atoms with Crippen LogP contribution in [0.4, 0.5) is 5.69 Å². The topological polar surface area (TPSA) is 72.4 Å². The van der Waals surface area contributed by atoms with E-state index in [-0.39, 0.29) is 0 Å². The van der Waals surface area contributed by atoms with Crippen LogP contribution in [-0.4, -0.2) is 21.6 Å². The Balaban J connectivity index is 2.05. The largest absolute Gasteiger partial charge is 0.380 e. The second-order valence-electron chi connectivity index (χ2n) is 5.29. The first-order valence-corrected chi connectivity index (χ1v) is 6.69. The third-order valence-electron chi connectivity index (χ3n) is 4.02. The first-order chi connectivity index (χ1) is 9.16. The molecule has 100 valence electrons. The molecule has 0 aliphatic heterocycles. The molecule has 2 aromatic heterocycles. The van der Waals surface area contributed by atoms with Gasteiger partial charge in [0.2, 0.25) is 0 Å². The highest BCUT2D eigenvalue weighted by molar-refractivity contribution is 6.01. The molecule has 2 atom stereocenters. The second kappa shape index (κ2) is 4.57. The molecule has 5 nitrogen and oxygen atoms in total. The van der Waals surface area contributed by atoms with Gasteiger partial charge in [-0.2, -0.15) is 5.10 Å². The number of primary amides is 1. The summed E-state index contributed by atoms with van der Waals surface area (Å²) < 4.78 is 1.76. The molecule has 1 saturated carbocycles. The van der Waals surface area contributed by atoms with Gasteiger partial charge in [0, 0.05) is 12.2 Å². The van der Waals surface area contributed by atoms with Crippen LogP contribution < -0.4 is 11.1 Å². The van der Waals surface area contributed by atoms with Gasteiger partial charge in [-0.15, -0.1) is 0 Å². The molecule has 19 heavy (non-hydrogen) atoms. The second-order valence-corrected chi connectivity index (χ2v) is 5.29. The Labute approximate surface area is 111 Å². The third-order valence-corrected chi connectivity index (χ3v) is 4.02. The number of carbonyl (C=O) groups is 1. The van der Waals surface area contributed by atoms with Gasteiger partial charge in [0.25, 0.3) is 5.91 Å². The van der Waals surface area contributed by atoms with Crippen molar-refractivity contribution >= 4 is 17.1 Å². The number of rotatable bonds is 3. The Kier molecular flexibility index (Phi) is 2.89. The lowest BCUT2D eigenvalue weighted by molar-refractivity contribution is 0.100. The molecule has 3 rings (SSSR count). The van der Waals surface area contributed by atoms with Gasteiger partial charge < -0.3 is 11.1 Å². The fourth-order valence-corrected chi connectivity index (χ4v) is 2.88. The van der Waals surface area contributed by atoms with E-state index in [1.54, 1.807) is 4.52 Å². The highest BCUT2D eigenvalue weighted by Gasteiger charge is 2.25. The Morgan fingerprint density at radius 1 is 1.53 bits per heavy atom. The van der Waals surface area contributed by atoms with Crippen molar-refractivity contribution in [3.8, 4) is 0 Å². The van der Waals surface area contributed by atoms with E-state index in [2.05, 4.69) is 17.3 Å². The molecular weight excluding hydrogens is 240 g/mol. The summed E-state index contributed by atoms with van der Waals surface area (Å²) in [5.41, 5.74) is 7.63. The molecule has 0 spiro atoms. The summed E-state index contributed by atoms with van der Waals surface area (Å²) in [6.07, 6.45) is 6.99. The Hall–Kier alpha value is -2.04. The number of fused-ring (bicyclic) bond motifs is 1. The minimum absolute atomic E-state index is 0.402. The zero-order valence-corrected chi connectivity index (χ0v) is 11.0. The highest BCUT2D eigenvalue weighted by Crippen LogP contribution is 2.31. The lowest BCUT2D eigenvalue weighted by Crippen LogP contribution is -2.25. The van der Waals surface area contributed by atoms with Gasteiger partial charge in [-0.1, -0.05) is 13.3 Å². The fourth-order valence-electron chi connectivity index (χ4n) is 2.88. The van der Waals surface area contributed by atoms with Crippen LogP contribution in [0.25, 0.3) is 5.52 Å². The van der Waals surface area contributed by atoms with Crippen LogP contribution in [0.15, 0.2) is 24.5 Å². The van der Waals surface area contributed by atoms with Crippen LogP contribution in [0.3, 0.4) is 0 Å². The van der Waals surface area contributed by atoms with Crippen molar-refractivity contribution < 1.29 is 4.79 Å². The average molecular weight is 258 g/mol. The van der Waals surface area contributed by atoms with Gasteiger partial charge in [0.15, 0.2) is 0 Å². The number of hydrogen-bond acceptors (Lipinski definition) is 3. The fraction of sp³-hybridized carbons (Fsp3) is 0.429. The Morgan fingerprint density at radius 2 is 2.37 bits per heavy atom. The highest BCUT2D eigenvalue weighted by atomic mass is 16.1. The molecule has 0 radical (unpaired) electrons. The first kappa shape index (κ1) is 12.0. The van der Waals surface area contributed by atoms with Crippen molar-refractivity contribution in [1.82, 2.24) is 9.61 Å². The van der Waals surface area contributed by atoms with E-state index in [0.29, 0.717) is 17.5 Å². The van der Waals surface area contributed by atoms with Crippen LogP contribution in [-0.2, 0) is 0 Å². The Morgan fingerprint density at radius 3 is 3.05 bits per heavy atom. The molecule has 0 saturated heterocycles. The van der Waals surface area contributed by atoms with Crippen molar-refractivity contribution in [3.63, 3.8) is 0 Å². The number of carbonyl (C=O) groups excluding carboxylic acids is 1. The summed E-state index contributed by atoms with van der Waals surface area (Å²) in [5.74, 6) is 0.174. The zero-order valence-electron chi connectivity index (χ0n) is 11.0. The molecular formula is C14H18N4O. The molecule has 2 heterocycles. The van der Waals surface area contributed by atoms with Crippen molar-refractivity contribution in [2.75, 3.05) is 5.32 Å². The van der Waals surface area contributed by atoms with Crippen LogP contribution in [0, 0.1) is 5.92 Å².